The number of hydrogen-bond acceptors (Lipinski definition) is 4. The quantitative estimate of drug-likeness (QED) is 0.569. The fraction of sp³-hybridized carbons (Fsp3) is 0.167. The van der Waals surface area contributed by atoms with Gasteiger partial charge in [0.05, 0.1) is 5.25 Å². The van der Waals surface area contributed by atoms with Gasteiger partial charge in [0.2, 0.25) is 11.1 Å². The van der Waals surface area contributed by atoms with Crippen molar-refractivity contribution in [2.75, 3.05) is 5.32 Å². The van der Waals surface area contributed by atoms with Crippen LogP contribution in [0, 0.1) is 0 Å². The van der Waals surface area contributed by atoms with E-state index >= 15 is 0 Å². The van der Waals surface area contributed by atoms with E-state index in [0.717, 1.165) is 15.7 Å². The van der Waals surface area contributed by atoms with Crippen LogP contribution in [0.4, 0.5) is 5.69 Å². The predicted octanol–water partition coefficient (Wildman–Crippen LogP) is 4.74. The lowest BCUT2D eigenvalue weighted by Gasteiger charge is -2.12. The number of thioether (sulfide) groups is 1. The molecule has 0 fully saturated rings. The summed E-state index contributed by atoms with van der Waals surface area (Å²) in [6, 6.07) is 17.2. The third-order valence-electron chi connectivity index (χ3n) is 3.55. The Balaban J connectivity index is 1.70. The Bertz CT molecular complexity index is 853. The molecule has 1 amide bonds. The summed E-state index contributed by atoms with van der Waals surface area (Å²) >= 11 is 4.86. The molecule has 128 valence electrons. The Kier molecular flexibility index (Phi) is 5.88. The van der Waals surface area contributed by atoms with Crippen molar-refractivity contribution in [3.8, 4) is 11.4 Å². The fourth-order valence-electron chi connectivity index (χ4n) is 2.27. The van der Waals surface area contributed by atoms with Crippen LogP contribution in [-0.2, 0) is 4.79 Å². The smallest absolute Gasteiger partial charge is 0.237 e. The largest absolute Gasteiger partial charge is 0.325 e. The number of rotatable bonds is 6. The number of carbonyl (C=O) groups is 1. The van der Waals surface area contributed by atoms with Gasteiger partial charge in [0.1, 0.15) is 0 Å². The van der Waals surface area contributed by atoms with Crippen molar-refractivity contribution in [3.05, 3.63) is 59.1 Å². The second-order valence-electron chi connectivity index (χ2n) is 5.32. The zero-order valence-electron chi connectivity index (χ0n) is 13.6. The summed E-state index contributed by atoms with van der Waals surface area (Å²) in [6.45, 7) is 1.98. The standard InChI is InChI=1S/C18H17BrN4OS/c1-2-15(17(24)20-12-8-4-3-5-9-12)25-18-21-16(22-23-18)13-10-6-7-11-14(13)19/h3-11,15H,2H2,1H3,(H,20,24)(H,21,22,23). The summed E-state index contributed by atoms with van der Waals surface area (Å²) in [4.78, 5) is 17.0. The van der Waals surface area contributed by atoms with E-state index in [2.05, 4.69) is 36.4 Å². The van der Waals surface area contributed by atoms with E-state index in [9.17, 15) is 4.79 Å². The molecule has 25 heavy (non-hydrogen) atoms. The van der Waals surface area contributed by atoms with Gasteiger partial charge >= 0.3 is 0 Å². The molecule has 0 bridgehead atoms. The van der Waals surface area contributed by atoms with Crippen molar-refractivity contribution in [2.24, 2.45) is 0 Å². The molecule has 1 heterocycles. The highest BCUT2D eigenvalue weighted by Gasteiger charge is 2.21. The molecule has 3 aromatic rings. The van der Waals surface area contributed by atoms with E-state index in [1.807, 2.05) is 61.5 Å². The zero-order chi connectivity index (χ0) is 17.6. The summed E-state index contributed by atoms with van der Waals surface area (Å²) in [7, 11) is 0. The van der Waals surface area contributed by atoms with Crippen LogP contribution >= 0.6 is 27.7 Å². The monoisotopic (exact) mass is 416 g/mol. The van der Waals surface area contributed by atoms with E-state index in [4.69, 9.17) is 0 Å². The lowest BCUT2D eigenvalue weighted by atomic mass is 10.2. The van der Waals surface area contributed by atoms with Crippen molar-refractivity contribution >= 4 is 39.3 Å². The third-order valence-corrected chi connectivity index (χ3v) is 5.46. The van der Waals surface area contributed by atoms with Crippen molar-refractivity contribution in [3.63, 3.8) is 0 Å². The van der Waals surface area contributed by atoms with Crippen molar-refractivity contribution in [1.82, 2.24) is 15.2 Å². The topological polar surface area (TPSA) is 70.7 Å². The van der Waals surface area contributed by atoms with Crippen LogP contribution in [0.5, 0.6) is 0 Å². The Hall–Kier alpha value is -2.12. The highest BCUT2D eigenvalue weighted by atomic mass is 79.9. The van der Waals surface area contributed by atoms with E-state index in [1.54, 1.807) is 0 Å². The zero-order valence-corrected chi connectivity index (χ0v) is 16.0. The van der Waals surface area contributed by atoms with Crippen molar-refractivity contribution in [2.45, 2.75) is 23.8 Å². The number of amides is 1. The summed E-state index contributed by atoms with van der Waals surface area (Å²) in [6.07, 6.45) is 0.683. The van der Waals surface area contributed by atoms with Gasteiger partial charge in [-0.2, -0.15) is 0 Å². The average molecular weight is 417 g/mol. The molecular weight excluding hydrogens is 400 g/mol. The molecule has 0 radical (unpaired) electrons. The molecule has 1 aromatic heterocycles. The molecule has 1 unspecified atom stereocenters. The first-order valence-electron chi connectivity index (χ1n) is 7.87. The number of nitrogens with zero attached hydrogens (tertiary/aromatic N) is 2. The number of aromatic amines is 1. The van der Waals surface area contributed by atoms with Gasteiger partial charge in [0, 0.05) is 15.7 Å². The molecule has 5 nitrogen and oxygen atoms in total. The number of benzene rings is 2. The van der Waals surface area contributed by atoms with Gasteiger partial charge in [-0.3, -0.25) is 9.89 Å². The number of para-hydroxylation sites is 1. The molecule has 0 saturated carbocycles. The number of carbonyl (C=O) groups excluding carboxylic acids is 1. The molecule has 2 aromatic carbocycles. The van der Waals surface area contributed by atoms with Gasteiger partial charge in [-0.15, -0.1) is 5.10 Å². The fourth-order valence-corrected chi connectivity index (χ4v) is 3.57. The summed E-state index contributed by atoms with van der Waals surface area (Å²) in [5.41, 5.74) is 1.72. The molecule has 3 rings (SSSR count). The van der Waals surface area contributed by atoms with Crippen LogP contribution < -0.4 is 5.32 Å². The first kappa shape index (κ1) is 17.7. The second-order valence-corrected chi connectivity index (χ2v) is 7.34. The van der Waals surface area contributed by atoms with Gasteiger partial charge < -0.3 is 5.32 Å². The van der Waals surface area contributed by atoms with Gasteiger partial charge in [-0.05, 0) is 24.6 Å². The molecule has 2 N–H and O–H groups in total. The molecule has 0 aliphatic carbocycles. The van der Waals surface area contributed by atoms with Crippen LogP contribution in [-0.4, -0.2) is 26.3 Å². The molecule has 0 aliphatic rings. The first-order valence-corrected chi connectivity index (χ1v) is 9.54. The van der Waals surface area contributed by atoms with Gasteiger partial charge in [-0.1, -0.05) is 71.0 Å². The van der Waals surface area contributed by atoms with Gasteiger partial charge in [0.25, 0.3) is 0 Å². The van der Waals surface area contributed by atoms with Crippen molar-refractivity contribution in [1.29, 1.82) is 0 Å². The molecule has 1 atom stereocenters. The number of anilines is 1. The number of nitrogens with one attached hydrogen (secondary N) is 2. The highest BCUT2D eigenvalue weighted by Crippen LogP contribution is 2.28. The Labute approximate surface area is 158 Å². The number of H-pyrrole nitrogens is 1. The van der Waals surface area contributed by atoms with E-state index in [-0.39, 0.29) is 11.2 Å². The number of hydrogen-bond donors (Lipinski definition) is 2. The van der Waals surface area contributed by atoms with Crippen LogP contribution in [0.1, 0.15) is 13.3 Å². The lowest BCUT2D eigenvalue weighted by molar-refractivity contribution is -0.115. The molecule has 0 aliphatic heterocycles. The Morgan fingerprint density at radius 2 is 1.92 bits per heavy atom. The Morgan fingerprint density at radius 3 is 2.64 bits per heavy atom. The maximum Gasteiger partial charge on any atom is 0.237 e. The number of aromatic nitrogens is 3. The minimum Gasteiger partial charge on any atom is -0.325 e. The SMILES string of the molecule is CCC(Sc1n[nH]c(-c2ccccc2Br)n1)C(=O)Nc1ccccc1. The maximum atomic E-state index is 12.5. The average Bonchev–Trinajstić information content (AvgIpc) is 3.09. The Morgan fingerprint density at radius 1 is 1.20 bits per heavy atom. The minimum atomic E-state index is -0.261. The van der Waals surface area contributed by atoms with Crippen LogP contribution in [0.3, 0.4) is 0 Å². The predicted molar refractivity (Wildman–Crippen MR) is 105 cm³/mol. The van der Waals surface area contributed by atoms with Gasteiger partial charge in [-0.25, -0.2) is 4.98 Å². The molecule has 7 heteroatoms. The summed E-state index contributed by atoms with van der Waals surface area (Å²) in [5.74, 6) is 0.624. The highest BCUT2D eigenvalue weighted by molar-refractivity contribution is 9.10. The minimum absolute atomic E-state index is 0.0501. The molecule has 0 spiro atoms. The van der Waals surface area contributed by atoms with Gasteiger partial charge in [0.15, 0.2) is 5.82 Å². The van der Waals surface area contributed by atoms with Crippen molar-refractivity contribution < 1.29 is 4.79 Å². The van der Waals surface area contributed by atoms with E-state index < -0.39 is 0 Å². The first-order chi connectivity index (χ1) is 12.2. The van der Waals surface area contributed by atoms with Crippen LogP contribution in [0.2, 0.25) is 0 Å². The second kappa shape index (κ2) is 8.31. The van der Waals surface area contributed by atoms with Crippen LogP contribution in [0.15, 0.2) is 64.2 Å². The van der Waals surface area contributed by atoms with E-state index in [1.165, 1.54) is 11.8 Å². The van der Waals surface area contributed by atoms with E-state index in [0.29, 0.717) is 17.4 Å². The third kappa shape index (κ3) is 4.49. The maximum absolute atomic E-state index is 12.5. The molecule has 0 saturated heterocycles. The summed E-state index contributed by atoms with van der Waals surface area (Å²) in [5, 5.41) is 10.4. The normalized spacial score (nSPS) is 11.9. The summed E-state index contributed by atoms with van der Waals surface area (Å²) < 4.78 is 0.941. The lowest BCUT2D eigenvalue weighted by Crippen LogP contribution is -2.24. The van der Waals surface area contributed by atoms with Crippen LogP contribution in [0.25, 0.3) is 11.4 Å². The molecular formula is C18H17BrN4OS. The number of halogens is 1.